The average molecular weight is 463 g/mol. The highest BCUT2D eigenvalue weighted by molar-refractivity contribution is 5.75. The molecular weight excluding hydrogens is 442 g/mol. The van der Waals surface area contributed by atoms with Gasteiger partial charge in [0, 0.05) is 24.7 Å². The van der Waals surface area contributed by atoms with E-state index in [1.807, 2.05) is 0 Å². The van der Waals surface area contributed by atoms with E-state index in [1.54, 1.807) is 30.1 Å². The van der Waals surface area contributed by atoms with Crippen molar-refractivity contribution in [2.24, 2.45) is 5.92 Å². The standard InChI is InChI=1S/C22H21F4N5O2/c1-30(16-9-14(22(24,25)26)10-17(11-16)31-12-27-28-29-31)19-8-7-18(21(32)33-2)20(19)13-3-5-15(23)6-4-13/h3-6,9-12,18-20H,7-8H2,1-2H3/t18-,19-,20+/m0/s1. The van der Waals surface area contributed by atoms with Crippen LogP contribution in [0.4, 0.5) is 23.2 Å². The molecule has 1 aliphatic rings. The minimum absolute atomic E-state index is 0.150. The molecule has 0 unspecified atom stereocenters. The SMILES string of the molecule is COC(=O)[C@H]1CC[C@H](N(C)c2cc(-n3cnnn3)cc(C(F)(F)F)c2)[C@@H]1c1ccc(F)cc1. The van der Waals surface area contributed by atoms with Gasteiger partial charge >= 0.3 is 12.1 Å². The molecule has 4 rings (SSSR count). The highest BCUT2D eigenvalue weighted by Gasteiger charge is 2.44. The molecule has 1 aromatic heterocycles. The highest BCUT2D eigenvalue weighted by atomic mass is 19.4. The number of rotatable bonds is 5. The van der Waals surface area contributed by atoms with E-state index in [9.17, 15) is 22.4 Å². The topological polar surface area (TPSA) is 73.1 Å². The fourth-order valence-corrected chi connectivity index (χ4v) is 4.53. The van der Waals surface area contributed by atoms with Crippen molar-refractivity contribution in [3.05, 3.63) is 65.7 Å². The number of alkyl halides is 3. The molecule has 11 heteroatoms. The van der Waals surface area contributed by atoms with E-state index in [1.165, 1.54) is 25.6 Å². The van der Waals surface area contributed by atoms with Gasteiger partial charge in [0.25, 0.3) is 0 Å². The summed E-state index contributed by atoms with van der Waals surface area (Å²) in [5.41, 5.74) is 0.308. The quantitative estimate of drug-likeness (QED) is 0.421. The molecule has 1 heterocycles. The lowest BCUT2D eigenvalue weighted by molar-refractivity contribution is -0.145. The number of halogens is 4. The molecule has 1 saturated carbocycles. The first-order valence-electron chi connectivity index (χ1n) is 10.2. The Morgan fingerprint density at radius 3 is 2.48 bits per heavy atom. The maximum atomic E-state index is 13.6. The Bertz CT molecular complexity index is 1120. The summed E-state index contributed by atoms with van der Waals surface area (Å²) in [5.74, 6) is -1.72. The summed E-state index contributed by atoms with van der Waals surface area (Å²) in [6, 6.07) is 9.06. The van der Waals surface area contributed by atoms with Crippen molar-refractivity contribution in [1.82, 2.24) is 20.2 Å². The van der Waals surface area contributed by atoms with Crippen molar-refractivity contribution in [1.29, 1.82) is 0 Å². The number of tetrazole rings is 1. The van der Waals surface area contributed by atoms with Gasteiger partial charge in [-0.3, -0.25) is 4.79 Å². The molecule has 1 fully saturated rings. The lowest BCUT2D eigenvalue weighted by atomic mass is 9.86. The van der Waals surface area contributed by atoms with Gasteiger partial charge in [0.05, 0.1) is 24.3 Å². The van der Waals surface area contributed by atoms with Gasteiger partial charge in [0.2, 0.25) is 0 Å². The van der Waals surface area contributed by atoms with Crippen molar-refractivity contribution in [2.45, 2.75) is 31.0 Å². The number of carbonyl (C=O) groups is 1. The second-order valence-corrected chi connectivity index (χ2v) is 7.95. The monoisotopic (exact) mass is 463 g/mol. The number of hydrogen-bond acceptors (Lipinski definition) is 6. The Balaban J connectivity index is 1.76. The maximum Gasteiger partial charge on any atom is 0.416 e. The van der Waals surface area contributed by atoms with E-state index in [4.69, 9.17) is 4.74 Å². The molecule has 3 aromatic rings. The summed E-state index contributed by atoms with van der Waals surface area (Å²) >= 11 is 0. The smallest absolute Gasteiger partial charge is 0.416 e. The Kier molecular flexibility index (Phi) is 6.05. The van der Waals surface area contributed by atoms with E-state index in [2.05, 4.69) is 15.5 Å². The van der Waals surface area contributed by atoms with Crippen LogP contribution in [0.5, 0.6) is 0 Å². The first-order valence-corrected chi connectivity index (χ1v) is 10.2. The molecule has 0 bridgehead atoms. The van der Waals surface area contributed by atoms with Gasteiger partial charge in [0.15, 0.2) is 0 Å². The van der Waals surface area contributed by atoms with Crippen LogP contribution in [0.3, 0.4) is 0 Å². The first kappa shape index (κ1) is 22.7. The van der Waals surface area contributed by atoms with Crippen molar-refractivity contribution in [3.8, 4) is 5.69 Å². The molecule has 1 aliphatic carbocycles. The zero-order valence-corrected chi connectivity index (χ0v) is 17.8. The fourth-order valence-electron chi connectivity index (χ4n) is 4.53. The van der Waals surface area contributed by atoms with E-state index in [-0.39, 0.29) is 17.4 Å². The Labute approximate surface area is 187 Å². The second-order valence-electron chi connectivity index (χ2n) is 7.95. The van der Waals surface area contributed by atoms with Crippen LogP contribution in [0, 0.1) is 11.7 Å². The molecule has 174 valence electrons. The predicted octanol–water partition coefficient (Wildman–Crippen LogP) is 3.99. The fraction of sp³-hybridized carbons (Fsp3) is 0.364. The summed E-state index contributed by atoms with van der Waals surface area (Å²) in [7, 11) is 2.98. The Morgan fingerprint density at radius 1 is 1.15 bits per heavy atom. The van der Waals surface area contributed by atoms with Crippen LogP contribution in [-0.4, -0.2) is 46.4 Å². The van der Waals surface area contributed by atoms with Crippen LogP contribution in [0.15, 0.2) is 48.8 Å². The minimum atomic E-state index is -4.58. The van der Waals surface area contributed by atoms with Crippen molar-refractivity contribution >= 4 is 11.7 Å². The number of likely N-dealkylation sites (N-methyl/N-ethyl adjacent to an activating group) is 1. The number of hydrogen-bond donors (Lipinski definition) is 0. The highest BCUT2D eigenvalue weighted by Crippen LogP contribution is 2.45. The minimum Gasteiger partial charge on any atom is -0.469 e. The van der Waals surface area contributed by atoms with Crippen molar-refractivity contribution in [3.63, 3.8) is 0 Å². The van der Waals surface area contributed by atoms with Gasteiger partial charge in [-0.1, -0.05) is 12.1 Å². The third kappa shape index (κ3) is 4.53. The number of esters is 1. The molecule has 0 amide bonds. The Morgan fingerprint density at radius 2 is 1.88 bits per heavy atom. The van der Waals surface area contributed by atoms with Crippen molar-refractivity contribution in [2.75, 3.05) is 19.1 Å². The number of nitrogens with zero attached hydrogens (tertiary/aromatic N) is 5. The van der Waals surface area contributed by atoms with Gasteiger partial charge in [-0.25, -0.2) is 9.07 Å². The predicted molar refractivity (Wildman–Crippen MR) is 110 cm³/mol. The average Bonchev–Trinajstić information content (AvgIpc) is 3.48. The van der Waals surface area contributed by atoms with Gasteiger partial charge < -0.3 is 9.64 Å². The lowest BCUT2D eigenvalue weighted by Crippen LogP contribution is -2.36. The number of aromatic nitrogens is 4. The zero-order valence-electron chi connectivity index (χ0n) is 17.8. The summed E-state index contributed by atoms with van der Waals surface area (Å²) < 4.78 is 60.6. The van der Waals surface area contributed by atoms with Gasteiger partial charge in [-0.15, -0.1) is 5.10 Å². The van der Waals surface area contributed by atoms with Crippen LogP contribution in [0.1, 0.15) is 29.9 Å². The third-order valence-electron chi connectivity index (χ3n) is 6.13. The summed E-state index contributed by atoms with van der Waals surface area (Å²) in [5, 5.41) is 10.7. The van der Waals surface area contributed by atoms with Crippen LogP contribution < -0.4 is 4.90 Å². The molecule has 0 N–H and O–H groups in total. The third-order valence-corrected chi connectivity index (χ3v) is 6.13. The summed E-state index contributed by atoms with van der Waals surface area (Å²) in [6.45, 7) is 0. The van der Waals surface area contributed by atoms with Gasteiger partial charge in [0.1, 0.15) is 12.1 Å². The molecule has 3 atom stereocenters. The van der Waals surface area contributed by atoms with Gasteiger partial charge in [-0.2, -0.15) is 13.2 Å². The Hall–Kier alpha value is -3.50. The largest absolute Gasteiger partial charge is 0.469 e. The number of methoxy groups -OCH3 is 1. The normalized spacial score (nSPS) is 20.6. The van der Waals surface area contributed by atoms with E-state index >= 15 is 0 Å². The maximum absolute atomic E-state index is 13.6. The molecule has 0 spiro atoms. The van der Waals surface area contributed by atoms with Crippen LogP contribution >= 0.6 is 0 Å². The number of carbonyl (C=O) groups excluding carboxylic acids is 1. The van der Waals surface area contributed by atoms with Crippen LogP contribution in [0.25, 0.3) is 5.69 Å². The summed E-state index contributed by atoms with van der Waals surface area (Å²) in [4.78, 5) is 14.2. The second kappa shape index (κ2) is 8.80. The first-order chi connectivity index (χ1) is 15.7. The molecule has 0 radical (unpaired) electrons. The van der Waals surface area contributed by atoms with E-state index in [0.717, 1.165) is 16.8 Å². The molecule has 2 aromatic carbocycles. The number of benzene rings is 2. The molecule has 0 aliphatic heterocycles. The summed E-state index contributed by atoms with van der Waals surface area (Å²) in [6.07, 6.45) is -2.35. The molecule has 7 nitrogen and oxygen atoms in total. The molecule has 33 heavy (non-hydrogen) atoms. The van der Waals surface area contributed by atoms with Crippen LogP contribution in [0.2, 0.25) is 0 Å². The van der Waals surface area contributed by atoms with E-state index in [0.29, 0.717) is 18.4 Å². The van der Waals surface area contributed by atoms with E-state index < -0.39 is 35.4 Å². The molecular formula is C22H21F4N5O2. The number of anilines is 1. The molecule has 0 saturated heterocycles. The number of ether oxygens (including phenoxy) is 1. The lowest BCUT2D eigenvalue weighted by Gasteiger charge is -2.34. The van der Waals surface area contributed by atoms with Gasteiger partial charge in [-0.05, 0) is 59.2 Å². The van der Waals surface area contributed by atoms with Crippen molar-refractivity contribution < 1.29 is 27.1 Å². The zero-order chi connectivity index (χ0) is 23.8. The van der Waals surface area contributed by atoms with Crippen LogP contribution in [-0.2, 0) is 15.7 Å².